The maximum Gasteiger partial charge on any atom is 0.170 e. The average molecular weight is 273 g/mol. The molecule has 18 heavy (non-hydrogen) atoms. The third-order valence-electron chi connectivity index (χ3n) is 2.71. The molecule has 2 nitrogen and oxygen atoms in total. The number of halogens is 1. The molecule has 0 radical (unpaired) electrons. The van der Waals surface area contributed by atoms with Crippen molar-refractivity contribution in [1.29, 1.82) is 0 Å². The number of benzene rings is 2. The number of aromatic nitrogens is 2. The van der Waals surface area contributed by atoms with Gasteiger partial charge in [0.15, 0.2) is 5.15 Å². The minimum atomic E-state index is 0.465. The van der Waals surface area contributed by atoms with Crippen LogP contribution in [0.15, 0.2) is 54.6 Å². The predicted molar refractivity (Wildman–Crippen MR) is 75.8 cm³/mol. The number of hydrogen-bond donors (Lipinski definition) is 0. The topological polar surface area (TPSA) is 25.8 Å². The predicted octanol–water partition coefficient (Wildman–Crippen LogP) is 4.53. The lowest BCUT2D eigenvalue weighted by atomic mass is 10.0. The van der Waals surface area contributed by atoms with E-state index in [0.29, 0.717) is 5.15 Å². The number of hydrogen-bond acceptors (Lipinski definition) is 3. The summed E-state index contributed by atoms with van der Waals surface area (Å²) in [5, 5.41) is 0.465. The molecular formula is C14H9ClN2S. The molecule has 0 fully saturated rings. The Morgan fingerprint density at radius 2 is 1.33 bits per heavy atom. The maximum atomic E-state index is 5.97. The monoisotopic (exact) mass is 272 g/mol. The van der Waals surface area contributed by atoms with Crippen molar-refractivity contribution in [2.24, 2.45) is 0 Å². The molecule has 0 spiro atoms. The smallest absolute Gasteiger partial charge is 0.170 e. The van der Waals surface area contributed by atoms with Gasteiger partial charge in [-0.15, -0.1) is 0 Å². The molecule has 0 N–H and O–H groups in total. The van der Waals surface area contributed by atoms with Gasteiger partial charge in [-0.25, -0.2) is 0 Å². The molecule has 1 aromatic heterocycles. The Balaban J connectivity index is 1.97. The Morgan fingerprint density at radius 1 is 0.722 bits per heavy atom. The molecule has 0 aliphatic carbocycles. The van der Waals surface area contributed by atoms with Crippen LogP contribution in [0.25, 0.3) is 22.4 Å². The summed E-state index contributed by atoms with van der Waals surface area (Å²) in [7, 11) is 0. The third kappa shape index (κ3) is 2.15. The van der Waals surface area contributed by atoms with Gasteiger partial charge in [-0.1, -0.05) is 66.2 Å². The third-order valence-corrected chi connectivity index (χ3v) is 3.61. The second kappa shape index (κ2) is 4.88. The number of rotatable bonds is 2. The van der Waals surface area contributed by atoms with Crippen molar-refractivity contribution >= 4 is 23.3 Å². The van der Waals surface area contributed by atoms with Gasteiger partial charge in [-0.2, -0.15) is 8.75 Å². The first-order valence-electron chi connectivity index (χ1n) is 5.48. The summed E-state index contributed by atoms with van der Waals surface area (Å²) in [6.07, 6.45) is 0. The largest absolute Gasteiger partial charge is 0.171 e. The van der Waals surface area contributed by atoms with Crippen LogP contribution in [-0.4, -0.2) is 8.75 Å². The van der Waals surface area contributed by atoms with Crippen LogP contribution in [0.3, 0.4) is 0 Å². The van der Waals surface area contributed by atoms with E-state index in [1.54, 1.807) is 0 Å². The minimum absolute atomic E-state index is 0.465. The zero-order valence-corrected chi connectivity index (χ0v) is 10.9. The highest BCUT2D eigenvalue weighted by molar-refractivity contribution is 6.99. The van der Waals surface area contributed by atoms with E-state index < -0.39 is 0 Å². The molecule has 0 amide bonds. The van der Waals surface area contributed by atoms with E-state index in [1.807, 2.05) is 30.3 Å². The quantitative estimate of drug-likeness (QED) is 0.685. The normalized spacial score (nSPS) is 10.5. The van der Waals surface area contributed by atoms with Crippen molar-refractivity contribution < 1.29 is 0 Å². The fourth-order valence-corrected chi connectivity index (χ4v) is 2.57. The Kier molecular flexibility index (Phi) is 3.09. The highest BCUT2D eigenvalue weighted by atomic mass is 35.5. The zero-order chi connectivity index (χ0) is 12.4. The van der Waals surface area contributed by atoms with Gasteiger partial charge in [0, 0.05) is 5.56 Å². The van der Waals surface area contributed by atoms with E-state index >= 15 is 0 Å². The summed E-state index contributed by atoms with van der Waals surface area (Å²) in [5.41, 5.74) is 4.12. The van der Waals surface area contributed by atoms with Gasteiger partial charge in [-0.3, -0.25) is 0 Å². The first kappa shape index (κ1) is 11.4. The molecule has 88 valence electrons. The van der Waals surface area contributed by atoms with E-state index in [2.05, 4.69) is 33.0 Å². The van der Waals surface area contributed by atoms with Crippen molar-refractivity contribution in [2.75, 3.05) is 0 Å². The Morgan fingerprint density at radius 3 is 1.94 bits per heavy atom. The molecule has 0 bridgehead atoms. The highest BCUT2D eigenvalue weighted by Crippen LogP contribution is 2.28. The summed E-state index contributed by atoms with van der Waals surface area (Å²) in [4.78, 5) is 0. The number of nitrogens with zero attached hydrogens (tertiary/aromatic N) is 2. The van der Waals surface area contributed by atoms with E-state index in [4.69, 9.17) is 11.6 Å². The van der Waals surface area contributed by atoms with Crippen LogP contribution < -0.4 is 0 Å². The van der Waals surface area contributed by atoms with Crippen LogP contribution >= 0.6 is 23.3 Å². The van der Waals surface area contributed by atoms with Gasteiger partial charge in [-0.05, 0) is 11.1 Å². The molecule has 0 aliphatic heterocycles. The van der Waals surface area contributed by atoms with E-state index in [0.717, 1.165) is 23.0 Å². The molecule has 0 unspecified atom stereocenters. The lowest BCUT2D eigenvalue weighted by Gasteiger charge is -2.02. The fraction of sp³-hybridized carbons (Fsp3) is 0. The van der Waals surface area contributed by atoms with Crippen molar-refractivity contribution in [3.8, 4) is 22.4 Å². The van der Waals surface area contributed by atoms with Crippen LogP contribution in [0.1, 0.15) is 0 Å². The molecule has 0 saturated carbocycles. The van der Waals surface area contributed by atoms with Crippen molar-refractivity contribution in [2.45, 2.75) is 0 Å². The summed E-state index contributed by atoms with van der Waals surface area (Å²) in [6.45, 7) is 0. The van der Waals surface area contributed by atoms with Crippen LogP contribution in [-0.2, 0) is 0 Å². The summed E-state index contributed by atoms with van der Waals surface area (Å²) >= 11 is 7.10. The van der Waals surface area contributed by atoms with Gasteiger partial charge >= 0.3 is 0 Å². The van der Waals surface area contributed by atoms with Crippen LogP contribution in [0.2, 0.25) is 5.15 Å². The Hall–Kier alpha value is -1.71. The van der Waals surface area contributed by atoms with Crippen molar-refractivity contribution in [3.63, 3.8) is 0 Å². The average Bonchev–Trinajstić information content (AvgIpc) is 2.86. The maximum absolute atomic E-state index is 5.97. The van der Waals surface area contributed by atoms with Gasteiger partial charge in [0.25, 0.3) is 0 Å². The SMILES string of the molecule is Clc1nsnc1-c1ccc(-c2ccccc2)cc1. The first-order valence-corrected chi connectivity index (χ1v) is 6.59. The molecule has 2 aromatic carbocycles. The fourth-order valence-electron chi connectivity index (χ4n) is 1.80. The lowest BCUT2D eigenvalue weighted by Crippen LogP contribution is -1.80. The summed E-state index contributed by atoms with van der Waals surface area (Å²) in [6, 6.07) is 18.4. The molecule has 1 heterocycles. The van der Waals surface area contributed by atoms with Gasteiger partial charge in [0.2, 0.25) is 0 Å². The molecule has 3 aromatic rings. The van der Waals surface area contributed by atoms with Gasteiger partial charge in [0.05, 0.1) is 11.7 Å². The van der Waals surface area contributed by atoms with Gasteiger partial charge in [0.1, 0.15) is 5.69 Å². The molecule has 0 saturated heterocycles. The highest BCUT2D eigenvalue weighted by Gasteiger charge is 2.07. The summed E-state index contributed by atoms with van der Waals surface area (Å²) in [5.74, 6) is 0. The zero-order valence-electron chi connectivity index (χ0n) is 9.38. The Bertz CT molecular complexity index is 647. The van der Waals surface area contributed by atoms with E-state index in [1.165, 1.54) is 11.1 Å². The summed E-state index contributed by atoms with van der Waals surface area (Å²) < 4.78 is 8.16. The van der Waals surface area contributed by atoms with E-state index in [9.17, 15) is 0 Å². The second-order valence-corrected chi connectivity index (χ2v) is 4.73. The van der Waals surface area contributed by atoms with Crippen molar-refractivity contribution in [3.05, 3.63) is 59.8 Å². The molecule has 3 rings (SSSR count). The Labute approximate surface area is 114 Å². The van der Waals surface area contributed by atoms with Crippen LogP contribution in [0.5, 0.6) is 0 Å². The molecular weight excluding hydrogens is 264 g/mol. The standard InChI is InChI=1S/C14H9ClN2S/c15-14-13(16-18-17-14)12-8-6-11(7-9-12)10-4-2-1-3-5-10/h1-9H. The first-order chi connectivity index (χ1) is 8.84. The molecule has 0 atom stereocenters. The lowest BCUT2D eigenvalue weighted by molar-refractivity contribution is 1.49. The van der Waals surface area contributed by atoms with Crippen LogP contribution in [0.4, 0.5) is 0 Å². The molecule has 4 heteroatoms. The van der Waals surface area contributed by atoms with E-state index in [-0.39, 0.29) is 0 Å². The second-order valence-electron chi connectivity index (χ2n) is 3.85. The van der Waals surface area contributed by atoms with Gasteiger partial charge < -0.3 is 0 Å². The minimum Gasteiger partial charge on any atom is -0.171 e. The molecule has 0 aliphatic rings. The van der Waals surface area contributed by atoms with Crippen molar-refractivity contribution in [1.82, 2.24) is 8.75 Å². The van der Waals surface area contributed by atoms with Crippen LogP contribution in [0, 0.1) is 0 Å².